The van der Waals surface area contributed by atoms with Gasteiger partial charge in [-0.05, 0) is 51.2 Å². The zero-order chi connectivity index (χ0) is 18.9. The molecule has 3 aromatic rings. The highest BCUT2D eigenvalue weighted by atomic mass is 16.5. The second-order valence-electron chi connectivity index (χ2n) is 7.52. The normalized spacial score (nSPS) is 18.2. The third kappa shape index (κ3) is 3.20. The molecule has 2 aromatic heterocycles. The van der Waals surface area contributed by atoms with Crippen LogP contribution in [0.2, 0.25) is 0 Å². The zero-order valence-corrected chi connectivity index (χ0v) is 16.0. The number of hydrogen-bond donors (Lipinski definition) is 0. The summed E-state index contributed by atoms with van der Waals surface area (Å²) in [6.07, 6.45) is 7.51. The van der Waals surface area contributed by atoms with Crippen molar-refractivity contribution in [2.75, 3.05) is 13.2 Å². The number of hydrogen-bond acceptors (Lipinski definition) is 6. The molecule has 3 heterocycles. The van der Waals surface area contributed by atoms with Crippen LogP contribution in [0.1, 0.15) is 43.8 Å². The molecule has 0 spiro atoms. The predicted octanol–water partition coefficient (Wildman–Crippen LogP) is 4.19. The first-order chi connectivity index (χ1) is 13.8. The van der Waals surface area contributed by atoms with Crippen LogP contribution in [0.5, 0.6) is 5.75 Å². The van der Waals surface area contributed by atoms with E-state index in [1.807, 2.05) is 30.5 Å². The first-order valence-electron chi connectivity index (χ1n) is 10.0. The molecule has 1 aliphatic carbocycles. The largest absolute Gasteiger partial charge is 0.490 e. The Balaban J connectivity index is 1.42. The van der Waals surface area contributed by atoms with Crippen LogP contribution in [0.25, 0.3) is 22.8 Å². The maximum Gasteiger partial charge on any atom is 0.261 e. The van der Waals surface area contributed by atoms with Gasteiger partial charge in [0.1, 0.15) is 5.75 Å². The summed E-state index contributed by atoms with van der Waals surface area (Å²) in [5.74, 6) is 1.85. The molecule has 0 radical (unpaired) electrons. The van der Waals surface area contributed by atoms with Crippen LogP contribution in [-0.4, -0.2) is 39.2 Å². The van der Waals surface area contributed by atoms with Gasteiger partial charge in [0.05, 0.1) is 29.5 Å². The summed E-state index contributed by atoms with van der Waals surface area (Å²) in [5, 5.41) is 8.80. The Morgan fingerprint density at radius 3 is 2.68 bits per heavy atom. The van der Waals surface area contributed by atoms with Gasteiger partial charge in [-0.1, -0.05) is 17.3 Å². The molecule has 1 aromatic carbocycles. The van der Waals surface area contributed by atoms with Gasteiger partial charge in [0.2, 0.25) is 5.82 Å². The van der Waals surface area contributed by atoms with Crippen LogP contribution in [-0.2, 0) is 4.74 Å². The molecule has 5 rings (SSSR count). The third-order valence-electron chi connectivity index (χ3n) is 5.71. The molecular formula is C21H24N4O3. The van der Waals surface area contributed by atoms with E-state index in [2.05, 4.69) is 26.8 Å². The summed E-state index contributed by atoms with van der Waals surface area (Å²) in [4.78, 5) is 4.65. The predicted molar refractivity (Wildman–Crippen MR) is 103 cm³/mol. The maximum atomic E-state index is 6.11. The smallest absolute Gasteiger partial charge is 0.261 e. The van der Waals surface area contributed by atoms with Gasteiger partial charge >= 0.3 is 0 Å². The van der Waals surface area contributed by atoms with Crippen LogP contribution >= 0.6 is 0 Å². The van der Waals surface area contributed by atoms with Crippen LogP contribution in [0, 0.1) is 6.92 Å². The van der Waals surface area contributed by atoms with Crippen molar-refractivity contribution in [3.05, 3.63) is 36.2 Å². The minimum Gasteiger partial charge on any atom is -0.490 e. The Hall–Kier alpha value is -2.67. The van der Waals surface area contributed by atoms with E-state index in [0.717, 1.165) is 61.5 Å². The lowest BCUT2D eigenvalue weighted by atomic mass is 9.96. The Labute approximate surface area is 163 Å². The van der Waals surface area contributed by atoms with Gasteiger partial charge in [-0.25, -0.2) is 0 Å². The molecule has 1 aliphatic heterocycles. The first-order valence-corrected chi connectivity index (χ1v) is 10.0. The fourth-order valence-corrected chi connectivity index (χ4v) is 3.80. The fraction of sp³-hybridized carbons (Fsp3) is 0.476. The monoisotopic (exact) mass is 380 g/mol. The van der Waals surface area contributed by atoms with Crippen molar-refractivity contribution in [2.45, 2.75) is 51.2 Å². The van der Waals surface area contributed by atoms with E-state index in [1.54, 1.807) is 0 Å². The molecule has 2 aliphatic rings. The first kappa shape index (κ1) is 17.4. The van der Waals surface area contributed by atoms with Crippen LogP contribution in [0.4, 0.5) is 0 Å². The van der Waals surface area contributed by atoms with Crippen molar-refractivity contribution in [1.29, 1.82) is 0 Å². The molecule has 0 amide bonds. The molecule has 1 saturated heterocycles. The number of benzene rings is 1. The summed E-state index contributed by atoms with van der Waals surface area (Å²) in [6.45, 7) is 3.61. The van der Waals surface area contributed by atoms with Gasteiger partial charge in [0, 0.05) is 18.9 Å². The van der Waals surface area contributed by atoms with Gasteiger partial charge in [0.15, 0.2) is 0 Å². The second kappa shape index (κ2) is 7.39. The fourth-order valence-electron chi connectivity index (χ4n) is 3.80. The van der Waals surface area contributed by atoms with Crippen molar-refractivity contribution >= 4 is 0 Å². The minimum atomic E-state index is 0.299. The molecule has 0 unspecified atom stereocenters. The number of para-hydroxylation sites is 1. The van der Waals surface area contributed by atoms with E-state index in [-0.39, 0.29) is 0 Å². The summed E-state index contributed by atoms with van der Waals surface area (Å²) >= 11 is 0. The second-order valence-corrected chi connectivity index (χ2v) is 7.52. The number of rotatable bonds is 5. The molecule has 7 heteroatoms. The molecule has 0 bridgehead atoms. The molecule has 2 fully saturated rings. The van der Waals surface area contributed by atoms with E-state index >= 15 is 0 Å². The number of ether oxygens (including phenoxy) is 2. The third-order valence-corrected chi connectivity index (χ3v) is 5.71. The van der Waals surface area contributed by atoms with E-state index in [4.69, 9.17) is 14.0 Å². The van der Waals surface area contributed by atoms with Crippen molar-refractivity contribution in [3.8, 4) is 28.6 Å². The summed E-state index contributed by atoms with van der Waals surface area (Å²) < 4.78 is 19.2. The standard InChI is InChI=1S/C21H24N4O3/c1-14-18(13-22-25(14)15-9-11-26-12-10-15)21-23-20(24-28-21)17-7-2-3-8-19(17)27-16-5-4-6-16/h2-3,7-8,13,15-16H,4-6,9-12H2,1H3. The molecule has 28 heavy (non-hydrogen) atoms. The van der Waals surface area contributed by atoms with Crippen molar-refractivity contribution in [1.82, 2.24) is 19.9 Å². The molecule has 0 atom stereocenters. The van der Waals surface area contributed by atoms with Crippen molar-refractivity contribution < 1.29 is 14.0 Å². The highest BCUT2D eigenvalue weighted by molar-refractivity contribution is 5.66. The number of nitrogens with zero attached hydrogens (tertiary/aromatic N) is 4. The SMILES string of the molecule is Cc1c(-c2nc(-c3ccccc3OC3CCC3)no2)cnn1C1CCOCC1. The zero-order valence-electron chi connectivity index (χ0n) is 16.0. The van der Waals surface area contributed by atoms with Gasteiger partial charge in [0.25, 0.3) is 5.89 Å². The lowest BCUT2D eigenvalue weighted by Crippen LogP contribution is -2.24. The van der Waals surface area contributed by atoms with Crippen molar-refractivity contribution in [3.63, 3.8) is 0 Å². The van der Waals surface area contributed by atoms with Gasteiger partial charge in [-0.15, -0.1) is 0 Å². The van der Waals surface area contributed by atoms with E-state index in [9.17, 15) is 0 Å². The van der Waals surface area contributed by atoms with Gasteiger partial charge < -0.3 is 14.0 Å². The average molecular weight is 380 g/mol. The van der Waals surface area contributed by atoms with Gasteiger partial charge in [-0.3, -0.25) is 4.68 Å². The van der Waals surface area contributed by atoms with Crippen molar-refractivity contribution in [2.24, 2.45) is 0 Å². The average Bonchev–Trinajstić information content (AvgIpc) is 3.32. The van der Waals surface area contributed by atoms with E-state index < -0.39 is 0 Å². The molecule has 0 N–H and O–H groups in total. The lowest BCUT2D eigenvalue weighted by Gasteiger charge is -2.27. The summed E-state index contributed by atoms with van der Waals surface area (Å²) in [6, 6.07) is 8.24. The molecule has 7 nitrogen and oxygen atoms in total. The Bertz CT molecular complexity index is 954. The molecule has 1 saturated carbocycles. The Kier molecular flexibility index (Phi) is 4.60. The highest BCUT2D eigenvalue weighted by Crippen LogP contribution is 2.34. The van der Waals surface area contributed by atoms with Crippen LogP contribution in [0.15, 0.2) is 35.0 Å². The summed E-state index contributed by atoms with van der Waals surface area (Å²) in [7, 11) is 0. The van der Waals surface area contributed by atoms with E-state index in [1.165, 1.54) is 6.42 Å². The minimum absolute atomic E-state index is 0.299. The number of aromatic nitrogens is 4. The topological polar surface area (TPSA) is 75.2 Å². The quantitative estimate of drug-likeness (QED) is 0.661. The highest BCUT2D eigenvalue weighted by Gasteiger charge is 2.24. The Morgan fingerprint density at radius 1 is 1.07 bits per heavy atom. The molecule has 146 valence electrons. The van der Waals surface area contributed by atoms with E-state index in [0.29, 0.717) is 23.9 Å². The van der Waals surface area contributed by atoms with Crippen LogP contribution in [0.3, 0.4) is 0 Å². The maximum absolute atomic E-state index is 6.11. The lowest BCUT2D eigenvalue weighted by molar-refractivity contribution is 0.0657. The summed E-state index contributed by atoms with van der Waals surface area (Å²) in [5.41, 5.74) is 2.78. The van der Waals surface area contributed by atoms with Gasteiger partial charge in [-0.2, -0.15) is 10.1 Å². The Morgan fingerprint density at radius 2 is 1.89 bits per heavy atom. The molecular weight excluding hydrogens is 356 g/mol. The van der Waals surface area contributed by atoms with Crippen LogP contribution < -0.4 is 4.74 Å².